The van der Waals surface area contributed by atoms with Gasteiger partial charge in [0.1, 0.15) is 6.07 Å². The fourth-order valence-corrected chi connectivity index (χ4v) is 0.841. The molecule has 0 fully saturated rings. The van der Waals surface area contributed by atoms with Gasteiger partial charge in [-0.25, -0.2) is 4.98 Å². The van der Waals surface area contributed by atoms with Crippen LogP contribution < -0.4 is 0 Å². The van der Waals surface area contributed by atoms with E-state index in [2.05, 4.69) is 9.40 Å². The summed E-state index contributed by atoms with van der Waals surface area (Å²) < 4.78 is 4.61. The van der Waals surface area contributed by atoms with E-state index in [-0.39, 0.29) is 20.3 Å². The van der Waals surface area contributed by atoms with Crippen LogP contribution in [0.1, 0.15) is 25.1 Å². The lowest BCUT2D eigenvalue weighted by Crippen LogP contribution is -1.79. The van der Waals surface area contributed by atoms with Crippen molar-refractivity contribution in [3.8, 4) is 11.8 Å². The number of hydrogen-bond acceptors (Lipinski definition) is 5. The van der Waals surface area contributed by atoms with Crippen molar-refractivity contribution >= 4 is 6.29 Å². The fraction of sp³-hybridized carbons (Fsp3) is 0.0833. The zero-order valence-electron chi connectivity index (χ0n) is 8.20. The topological polar surface area (TPSA) is 87.1 Å². The maximum Gasteiger partial charge on any atom is 0.185 e. The van der Waals surface area contributed by atoms with Gasteiger partial charge in [-0.2, -0.15) is 5.26 Å². The van der Waals surface area contributed by atoms with Crippen molar-refractivity contribution in [3.63, 3.8) is 0 Å². The second-order valence-electron chi connectivity index (χ2n) is 2.62. The van der Waals surface area contributed by atoms with Crippen LogP contribution in [0.2, 0.25) is 0 Å². The molecule has 2 aromatic heterocycles. The molecule has 0 saturated carbocycles. The van der Waals surface area contributed by atoms with Crippen molar-refractivity contribution in [2.75, 3.05) is 0 Å². The summed E-state index contributed by atoms with van der Waals surface area (Å²) in [4.78, 5) is 13.4. The van der Waals surface area contributed by atoms with Crippen molar-refractivity contribution in [2.24, 2.45) is 0 Å². The SMILES string of the molecule is C.N#Cc1ncccc1O.O=Cc1ccco1.[2HH]. The summed E-state index contributed by atoms with van der Waals surface area (Å²) in [5, 5.41) is 17.1. The first kappa shape index (κ1) is 14.4. The Kier molecular flexibility index (Phi) is 6.48. The van der Waals surface area contributed by atoms with Crippen molar-refractivity contribution in [3.05, 3.63) is 48.2 Å². The van der Waals surface area contributed by atoms with Gasteiger partial charge in [0.25, 0.3) is 0 Å². The van der Waals surface area contributed by atoms with E-state index in [1.165, 1.54) is 18.5 Å². The molecule has 0 aliphatic carbocycles. The summed E-state index contributed by atoms with van der Waals surface area (Å²) in [5.41, 5.74) is 0.0671. The van der Waals surface area contributed by atoms with E-state index in [0.29, 0.717) is 12.0 Å². The number of aldehydes is 1. The van der Waals surface area contributed by atoms with Gasteiger partial charge < -0.3 is 9.52 Å². The van der Waals surface area contributed by atoms with E-state index in [1.807, 2.05) is 0 Å². The van der Waals surface area contributed by atoms with Gasteiger partial charge in [0.2, 0.25) is 0 Å². The van der Waals surface area contributed by atoms with Gasteiger partial charge in [0.05, 0.1) is 6.26 Å². The number of hydrogen-bond donors (Lipinski definition) is 1. The van der Waals surface area contributed by atoms with Crippen molar-refractivity contribution in [1.29, 1.82) is 5.26 Å². The number of pyridine rings is 1. The van der Waals surface area contributed by atoms with Crippen LogP contribution in [0.15, 0.2) is 41.1 Å². The van der Waals surface area contributed by atoms with Crippen LogP contribution in [0.4, 0.5) is 0 Å². The molecule has 0 aliphatic heterocycles. The van der Waals surface area contributed by atoms with Crippen molar-refractivity contribution in [1.82, 2.24) is 4.98 Å². The number of aromatic hydroxyl groups is 1. The number of nitriles is 1. The summed E-state index contributed by atoms with van der Waals surface area (Å²) in [6, 6.07) is 8.00. The van der Waals surface area contributed by atoms with E-state index in [4.69, 9.17) is 10.4 Å². The molecule has 1 N–H and O–H groups in total. The first-order chi connectivity index (χ1) is 7.77. The normalized spacial score (nSPS) is 7.94. The van der Waals surface area contributed by atoms with Crippen molar-refractivity contribution < 1.29 is 15.7 Å². The average molecular weight is 235 g/mol. The minimum atomic E-state index is -0.0694. The molecule has 17 heavy (non-hydrogen) atoms. The zero-order chi connectivity index (χ0) is 11.8. The summed E-state index contributed by atoms with van der Waals surface area (Å²) in [7, 11) is 0. The second-order valence-corrected chi connectivity index (χ2v) is 2.62. The molecule has 0 spiro atoms. The molecule has 0 aromatic carbocycles. The maximum atomic E-state index is 9.77. The molecule has 2 heterocycles. The highest BCUT2D eigenvalue weighted by Gasteiger charge is 1.95. The largest absolute Gasteiger partial charge is 0.505 e. The monoisotopic (exact) mass is 235 g/mol. The van der Waals surface area contributed by atoms with Gasteiger partial charge in [-0.1, -0.05) is 7.43 Å². The van der Waals surface area contributed by atoms with E-state index in [0.717, 1.165) is 0 Å². The number of carbonyl (C=O) groups is 1. The Labute approximate surface area is 100 Å². The van der Waals surface area contributed by atoms with Crippen LogP contribution in [0.25, 0.3) is 0 Å². The Morgan fingerprint density at radius 2 is 2.24 bits per heavy atom. The van der Waals surface area contributed by atoms with Gasteiger partial charge in [-0.05, 0) is 24.3 Å². The highest BCUT2D eigenvalue weighted by Crippen LogP contribution is 2.09. The Morgan fingerprint density at radius 3 is 2.59 bits per heavy atom. The molecule has 0 saturated heterocycles. The van der Waals surface area contributed by atoms with E-state index >= 15 is 0 Å². The van der Waals surface area contributed by atoms with Crippen LogP contribution in [0.3, 0.4) is 0 Å². The highest BCUT2D eigenvalue weighted by atomic mass is 16.3. The summed E-state index contributed by atoms with van der Waals surface area (Å²) in [6.07, 6.45) is 3.59. The third-order valence-corrected chi connectivity index (χ3v) is 1.55. The molecule has 0 bridgehead atoms. The molecule has 90 valence electrons. The third-order valence-electron chi connectivity index (χ3n) is 1.55. The maximum absolute atomic E-state index is 9.77. The molecule has 0 aliphatic rings. The molecule has 5 nitrogen and oxygen atoms in total. The Bertz CT molecular complexity index is 492. The number of aromatic nitrogens is 1. The highest BCUT2D eigenvalue weighted by molar-refractivity contribution is 5.69. The fourth-order valence-electron chi connectivity index (χ4n) is 0.841. The number of furan rings is 1. The van der Waals surface area contributed by atoms with Crippen molar-refractivity contribution in [2.45, 2.75) is 7.43 Å². The smallest absolute Gasteiger partial charge is 0.185 e. The quantitative estimate of drug-likeness (QED) is 0.767. The van der Waals surface area contributed by atoms with E-state index in [1.54, 1.807) is 24.3 Å². The van der Waals surface area contributed by atoms with Gasteiger partial charge in [-0.3, -0.25) is 4.79 Å². The molecule has 0 radical (unpaired) electrons. The lowest BCUT2D eigenvalue weighted by molar-refractivity contribution is 0.110. The molecule has 2 rings (SSSR count). The number of rotatable bonds is 1. The predicted octanol–water partition coefficient (Wildman–Crippen LogP) is 2.63. The van der Waals surface area contributed by atoms with Crippen LogP contribution in [0.5, 0.6) is 5.75 Å². The molecule has 0 atom stereocenters. The Morgan fingerprint density at radius 1 is 1.47 bits per heavy atom. The van der Waals surface area contributed by atoms with Crippen LogP contribution >= 0.6 is 0 Å². The third kappa shape index (κ3) is 4.62. The average Bonchev–Trinajstić information content (AvgIpc) is 2.83. The Hall–Kier alpha value is -2.61. The summed E-state index contributed by atoms with van der Waals surface area (Å²) in [5.74, 6) is 0.306. The second kappa shape index (κ2) is 7.65. The van der Waals surface area contributed by atoms with Gasteiger partial charge in [-0.15, -0.1) is 0 Å². The van der Waals surface area contributed by atoms with E-state index in [9.17, 15) is 4.79 Å². The Balaban J connectivity index is 0. The lowest BCUT2D eigenvalue weighted by Gasteiger charge is -1.88. The van der Waals surface area contributed by atoms with Gasteiger partial charge in [0.15, 0.2) is 23.5 Å². The van der Waals surface area contributed by atoms with E-state index < -0.39 is 0 Å². The summed E-state index contributed by atoms with van der Waals surface area (Å²) in [6.45, 7) is 0. The minimum Gasteiger partial charge on any atom is -0.505 e. The first-order valence-corrected chi connectivity index (χ1v) is 4.30. The van der Waals surface area contributed by atoms with Gasteiger partial charge in [0, 0.05) is 7.62 Å². The van der Waals surface area contributed by atoms with Crippen LogP contribution in [-0.2, 0) is 0 Å². The number of nitrogens with zero attached hydrogens (tertiary/aromatic N) is 2. The lowest BCUT2D eigenvalue weighted by atomic mass is 10.3. The minimum absolute atomic E-state index is 0. The molecule has 2 aromatic rings. The molecular weight excluding hydrogens is 220 g/mol. The van der Waals surface area contributed by atoms with Crippen LogP contribution in [-0.4, -0.2) is 16.4 Å². The standard InChI is InChI=1S/C6H4N2O.C5H4O2.CH4.H2/c7-4-5-6(9)2-1-3-8-5;6-4-5-2-1-3-7-5;;/h1-3,9H;1-4H;1H4;1H/i;;;1+1. The zero-order valence-corrected chi connectivity index (χ0v) is 8.20. The first-order valence-electron chi connectivity index (χ1n) is 4.30. The molecule has 0 amide bonds. The molecule has 0 unspecified atom stereocenters. The predicted molar refractivity (Wildman–Crippen MR) is 63.6 cm³/mol. The van der Waals surface area contributed by atoms with Gasteiger partial charge >= 0.3 is 0 Å². The number of carbonyl (C=O) groups excluding carboxylic acids is 1. The molecule has 5 heteroatoms. The van der Waals surface area contributed by atoms with Crippen LogP contribution in [0, 0.1) is 11.3 Å². The summed E-state index contributed by atoms with van der Waals surface area (Å²) >= 11 is 0. The molecular formula is C12H14N2O3.